The lowest BCUT2D eigenvalue weighted by molar-refractivity contribution is 0.100. The van der Waals surface area contributed by atoms with Crippen molar-refractivity contribution in [3.05, 3.63) is 23.8 Å². The third kappa shape index (κ3) is 2.75. The summed E-state index contributed by atoms with van der Waals surface area (Å²) in [5, 5.41) is 0. The lowest BCUT2D eigenvalue weighted by Crippen LogP contribution is -2.34. The van der Waals surface area contributed by atoms with Gasteiger partial charge in [0.1, 0.15) is 0 Å². The summed E-state index contributed by atoms with van der Waals surface area (Å²) in [5.74, 6) is 0.348. The van der Waals surface area contributed by atoms with Crippen LogP contribution < -0.4 is 16.4 Å². The number of amides is 1. The summed E-state index contributed by atoms with van der Waals surface area (Å²) in [4.78, 5) is 13.7. The molecule has 1 aromatic rings. The first kappa shape index (κ1) is 12.7. The predicted molar refractivity (Wildman–Crippen MR) is 74.6 cm³/mol. The number of benzene rings is 1. The van der Waals surface area contributed by atoms with Crippen molar-refractivity contribution in [3.8, 4) is 0 Å². The Kier molecular flexibility index (Phi) is 3.45. The van der Waals surface area contributed by atoms with E-state index < -0.39 is 5.91 Å². The van der Waals surface area contributed by atoms with E-state index in [1.165, 1.54) is 12.8 Å². The summed E-state index contributed by atoms with van der Waals surface area (Å²) in [6.07, 6.45) is 2.55. The normalized spacial score (nSPS) is 14.8. The quantitative estimate of drug-likeness (QED) is 0.782. The van der Waals surface area contributed by atoms with Crippen LogP contribution in [0.3, 0.4) is 0 Å². The molecule has 0 atom stereocenters. The van der Waals surface area contributed by atoms with Crippen molar-refractivity contribution in [1.82, 2.24) is 0 Å². The molecule has 0 saturated heterocycles. The fourth-order valence-electron chi connectivity index (χ4n) is 2.16. The third-order valence-corrected chi connectivity index (χ3v) is 3.37. The van der Waals surface area contributed by atoms with Crippen LogP contribution in [-0.4, -0.2) is 18.5 Å². The Hall–Kier alpha value is -1.71. The van der Waals surface area contributed by atoms with Gasteiger partial charge < -0.3 is 16.4 Å². The smallest absolute Gasteiger partial charge is 0.250 e. The van der Waals surface area contributed by atoms with Gasteiger partial charge in [-0.1, -0.05) is 0 Å². The van der Waals surface area contributed by atoms with Gasteiger partial charge in [-0.3, -0.25) is 4.79 Å². The fourth-order valence-corrected chi connectivity index (χ4v) is 2.16. The van der Waals surface area contributed by atoms with E-state index in [1.807, 2.05) is 6.07 Å². The molecule has 1 saturated carbocycles. The molecule has 4 N–H and O–H groups in total. The lowest BCUT2D eigenvalue weighted by Gasteiger charge is -2.30. The zero-order valence-electron chi connectivity index (χ0n) is 11.0. The van der Waals surface area contributed by atoms with Gasteiger partial charge in [0.2, 0.25) is 0 Å². The van der Waals surface area contributed by atoms with Crippen LogP contribution in [0.2, 0.25) is 0 Å². The first-order chi connectivity index (χ1) is 8.49. The summed E-state index contributed by atoms with van der Waals surface area (Å²) in [6.45, 7) is 5.22. The fraction of sp³-hybridized carbons (Fsp3) is 0.500. The summed E-state index contributed by atoms with van der Waals surface area (Å²) in [7, 11) is 0. The highest BCUT2D eigenvalue weighted by Crippen LogP contribution is 2.34. The molecule has 1 aliphatic rings. The van der Waals surface area contributed by atoms with Crippen LogP contribution in [-0.2, 0) is 0 Å². The Morgan fingerprint density at radius 3 is 2.61 bits per heavy atom. The van der Waals surface area contributed by atoms with Crippen molar-refractivity contribution in [2.24, 2.45) is 11.7 Å². The van der Waals surface area contributed by atoms with Crippen LogP contribution >= 0.6 is 0 Å². The van der Waals surface area contributed by atoms with Crippen molar-refractivity contribution >= 4 is 17.3 Å². The van der Waals surface area contributed by atoms with E-state index in [1.54, 1.807) is 12.1 Å². The number of carbonyl (C=O) groups is 1. The second-order valence-electron chi connectivity index (χ2n) is 5.33. The van der Waals surface area contributed by atoms with Gasteiger partial charge in [0.15, 0.2) is 0 Å². The SMILES string of the molecule is CC(C)N(CC1CC1)c1cc(N)ccc1C(N)=O. The molecule has 4 heteroatoms. The number of primary amides is 1. The lowest BCUT2D eigenvalue weighted by atomic mass is 10.1. The Morgan fingerprint density at radius 2 is 2.11 bits per heavy atom. The van der Waals surface area contributed by atoms with Gasteiger partial charge in [0.05, 0.1) is 11.3 Å². The summed E-state index contributed by atoms with van der Waals surface area (Å²) < 4.78 is 0. The number of rotatable bonds is 5. The molecule has 1 aromatic carbocycles. The molecule has 1 fully saturated rings. The Labute approximate surface area is 108 Å². The number of nitrogen functional groups attached to an aromatic ring is 1. The van der Waals surface area contributed by atoms with Gasteiger partial charge >= 0.3 is 0 Å². The van der Waals surface area contributed by atoms with Crippen LogP contribution in [0.5, 0.6) is 0 Å². The first-order valence-electron chi connectivity index (χ1n) is 6.45. The van der Waals surface area contributed by atoms with Crippen molar-refractivity contribution in [1.29, 1.82) is 0 Å². The second-order valence-corrected chi connectivity index (χ2v) is 5.33. The molecule has 0 unspecified atom stereocenters. The predicted octanol–water partition coefficient (Wildman–Crippen LogP) is 1.99. The summed E-state index contributed by atoms with van der Waals surface area (Å²) >= 11 is 0. The van der Waals surface area contributed by atoms with Crippen molar-refractivity contribution in [3.63, 3.8) is 0 Å². The number of hydrogen-bond donors (Lipinski definition) is 2. The van der Waals surface area contributed by atoms with E-state index in [2.05, 4.69) is 18.7 Å². The maximum atomic E-state index is 11.5. The molecule has 4 nitrogen and oxygen atoms in total. The van der Waals surface area contributed by atoms with Crippen LogP contribution in [0.1, 0.15) is 37.0 Å². The Morgan fingerprint density at radius 1 is 1.44 bits per heavy atom. The monoisotopic (exact) mass is 247 g/mol. The topological polar surface area (TPSA) is 72.3 Å². The van der Waals surface area contributed by atoms with Crippen molar-refractivity contribution in [2.45, 2.75) is 32.7 Å². The minimum absolute atomic E-state index is 0.325. The molecule has 0 heterocycles. The molecule has 2 rings (SSSR count). The molecule has 0 bridgehead atoms. The average molecular weight is 247 g/mol. The maximum absolute atomic E-state index is 11.5. The van der Waals surface area contributed by atoms with E-state index >= 15 is 0 Å². The molecule has 0 spiro atoms. The zero-order valence-corrected chi connectivity index (χ0v) is 11.0. The van der Waals surface area contributed by atoms with E-state index in [-0.39, 0.29) is 0 Å². The van der Waals surface area contributed by atoms with E-state index in [0.717, 1.165) is 18.2 Å². The number of nitrogens with zero attached hydrogens (tertiary/aromatic N) is 1. The molecular weight excluding hydrogens is 226 g/mol. The van der Waals surface area contributed by atoms with Crippen LogP contribution in [0.25, 0.3) is 0 Å². The first-order valence-corrected chi connectivity index (χ1v) is 6.45. The minimum atomic E-state index is -0.397. The molecule has 1 amide bonds. The third-order valence-electron chi connectivity index (χ3n) is 3.37. The Bertz CT molecular complexity index is 452. The standard InChI is InChI=1S/C14H21N3O/c1-9(2)17(8-10-3-4-10)13-7-11(15)5-6-12(13)14(16)18/h5-7,9-10H,3-4,8,15H2,1-2H3,(H2,16,18). The van der Waals surface area contributed by atoms with Gasteiger partial charge in [0, 0.05) is 18.3 Å². The molecule has 0 radical (unpaired) electrons. The van der Waals surface area contributed by atoms with E-state index in [0.29, 0.717) is 17.3 Å². The average Bonchev–Trinajstić information content (AvgIpc) is 3.08. The van der Waals surface area contributed by atoms with Gasteiger partial charge in [-0.15, -0.1) is 0 Å². The zero-order chi connectivity index (χ0) is 13.3. The highest BCUT2D eigenvalue weighted by Gasteiger charge is 2.27. The number of hydrogen-bond acceptors (Lipinski definition) is 3. The van der Waals surface area contributed by atoms with Crippen molar-refractivity contribution < 1.29 is 4.79 Å². The van der Waals surface area contributed by atoms with Gasteiger partial charge in [0.25, 0.3) is 5.91 Å². The van der Waals surface area contributed by atoms with E-state index in [4.69, 9.17) is 11.5 Å². The number of carbonyl (C=O) groups excluding carboxylic acids is 1. The highest BCUT2D eigenvalue weighted by molar-refractivity contribution is 5.99. The molecule has 18 heavy (non-hydrogen) atoms. The molecule has 1 aliphatic carbocycles. The minimum Gasteiger partial charge on any atom is -0.399 e. The maximum Gasteiger partial charge on any atom is 0.250 e. The van der Waals surface area contributed by atoms with Gasteiger partial charge in [-0.05, 0) is 50.8 Å². The molecular formula is C14H21N3O. The van der Waals surface area contributed by atoms with Crippen molar-refractivity contribution in [2.75, 3.05) is 17.2 Å². The molecule has 0 aliphatic heterocycles. The molecule has 98 valence electrons. The van der Waals surface area contributed by atoms with E-state index in [9.17, 15) is 4.79 Å². The Balaban J connectivity index is 2.37. The second kappa shape index (κ2) is 4.88. The van der Waals surface area contributed by atoms with Crippen LogP contribution in [0.4, 0.5) is 11.4 Å². The number of anilines is 2. The summed E-state index contributed by atoms with van der Waals surface area (Å²) in [6, 6.07) is 5.61. The summed E-state index contributed by atoms with van der Waals surface area (Å²) in [5.41, 5.74) is 13.4. The van der Waals surface area contributed by atoms with Gasteiger partial charge in [-0.2, -0.15) is 0 Å². The van der Waals surface area contributed by atoms with Gasteiger partial charge in [-0.25, -0.2) is 0 Å². The number of nitrogens with two attached hydrogens (primary N) is 2. The van der Waals surface area contributed by atoms with Crippen LogP contribution in [0, 0.1) is 5.92 Å². The molecule has 0 aromatic heterocycles. The largest absolute Gasteiger partial charge is 0.399 e. The highest BCUT2D eigenvalue weighted by atomic mass is 16.1. The van der Waals surface area contributed by atoms with Crippen LogP contribution in [0.15, 0.2) is 18.2 Å².